The first-order valence-corrected chi connectivity index (χ1v) is 5.06. The molecule has 0 aliphatic carbocycles. The van der Waals surface area contributed by atoms with Gasteiger partial charge in [0.1, 0.15) is 6.54 Å². The van der Waals surface area contributed by atoms with Gasteiger partial charge in [-0.2, -0.15) is 0 Å². The smallest absolute Gasteiger partial charge is 0.325 e. The first-order chi connectivity index (χ1) is 8.47. The van der Waals surface area contributed by atoms with Crippen molar-refractivity contribution in [3.8, 4) is 0 Å². The minimum absolute atomic E-state index is 0.138. The van der Waals surface area contributed by atoms with Crippen molar-refractivity contribution in [1.82, 2.24) is 5.32 Å². The van der Waals surface area contributed by atoms with Crippen LogP contribution in [0.4, 0.5) is 5.69 Å². The highest BCUT2D eigenvalue weighted by Gasteiger charge is 2.18. The molecule has 0 saturated carbocycles. The number of ether oxygens (including phenoxy) is 1. The first-order valence-electron chi connectivity index (χ1n) is 5.06. The molecule has 0 aliphatic heterocycles. The number of nitro groups is 1. The molecule has 7 heteroatoms. The van der Waals surface area contributed by atoms with E-state index in [1.807, 2.05) is 0 Å². The van der Waals surface area contributed by atoms with Crippen molar-refractivity contribution in [2.24, 2.45) is 0 Å². The summed E-state index contributed by atoms with van der Waals surface area (Å²) in [6.07, 6.45) is 0. The van der Waals surface area contributed by atoms with Gasteiger partial charge in [-0.3, -0.25) is 19.7 Å². The Kier molecular flexibility index (Phi) is 4.36. The van der Waals surface area contributed by atoms with Crippen molar-refractivity contribution in [1.29, 1.82) is 0 Å². The molecule has 1 aromatic carbocycles. The van der Waals surface area contributed by atoms with Crippen LogP contribution in [0.15, 0.2) is 18.2 Å². The summed E-state index contributed by atoms with van der Waals surface area (Å²) in [5.41, 5.74) is 0.277. The number of esters is 1. The molecule has 1 rings (SSSR count). The fraction of sp³-hybridized carbons (Fsp3) is 0.273. The van der Waals surface area contributed by atoms with Gasteiger partial charge in [-0.15, -0.1) is 0 Å². The lowest BCUT2D eigenvalue weighted by molar-refractivity contribution is -0.385. The van der Waals surface area contributed by atoms with Crippen LogP contribution in [0.1, 0.15) is 15.9 Å². The molecule has 1 aromatic rings. The molecule has 96 valence electrons. The van der Waals surface area contributed by atoms with Crippen LogP contribution >= 0.6 is 0 Å². The maximum Gasteiger partial charge on any atom is 0.325 e. The lowest BCUT2D eigenvalue weighted by atomic mass is 10.1. The minimum Gasteiger partial charge on any atom is -0.468 e. The Bertz CT molecular complexity index is 498. The molecular weight excluding hydrogens is 240 g/mol. The molecule has 0 atom stereocenters. The molecule has 0 heterocycles. The molecule has 1 N–H and O–H groups in total. The summed E-state index contributed by atoms with van der Waals surface area (Å²) < 4.78 is 4.37. The number of methoxy groups -OCH3 is 1. The number of nitrogens with zero attached hydrogens (tertiary/aromatic N) is 1. The van der Waals surface area contributed by atoms with Crippen LogP contribution in [0.3, 0.4) is 0 Å². The second kappa shape index (κ2) is 5.76. The molecule has 0 radical (unpaired) electrons. The van der Waals surface area contributed by atoms with E-state index < -0.39 is 16.8 Å². The van der Waals surface area contributed by atoms with E-state index in [2.05, 4.69) is 10.1 Å². The predicted octanol–water partition coefficient (Wildman–Crippen LogP) is 0.806. The van der Waals surface area contributed by atoms with Crippen LogP contribution in [-0.4, -0.2) is 30.5 Å². The van der Waals surface area contributed by atoms with Gasteiger partial charge in [0, 0.05) is 17.2 Å². The Hall–Kier alpha value is -2.44. The quantitative estimate of drug-likeness (QED) is 0.485. The summed E-state index contributed by atoms with van der Waals surface area (Å²) >= 11 is 0. The number of amides is 1. The number of nitrogens with one attached hydrogen (secondary N) is 1. The number of benzene rings is 1. The van der Waals surface area contributed by atoms with Crippen LogP contribution in [0, 0.1) is 17.0 Å². The first kappa shape index (κ1) is 13.6. The number of hydrogen-bond donors (Lipinski definition) is 1. The summed E-state index contributed by atoms with van der Waals surface area (Å²) in [5.74, 6) is -1.15. The van der Waals surface area contributed by atoms with Crippen LogP contribution in [0.25, 0.3) is 0 Å². The van der Waals surface area contributed by atoms with Gasteiger partial charge in [0.2, 0.25) is 0 Å². The van der Waals surface area contributed by atoms with E-state index in [9.17, 15) is 19.7 Å². The van der Waals surface area contributed by atoms with Crippen molar-refractivity contribution in [3.05, 3.63) is 39.4 Å². The molecule has 18 heavy (non-hydrogen) atoms. The molecule has 0 aromatic heterocycles. The van der Waals surface area contributed by atoms with Gasteiger partial charge < -0.3 is 10.1 Å². The van der Waals surface area contributed by atoms with Crippen molar-refractivity contribution in [2.75, 3.05) is 13.7 Å². The standard InChI is InChI=1S/C11H12N2O5/c1-7-8(4-3-5-9(7)13(16)17)11(15)12-6-10(14)18-2/h3-5H,6H2,1-2H3,(H,12,15). The maximum absolute atomic E-state index is 11.7. The summed E-state index contributed by atoms with van der Waals surface area (Å²) in [6, 6.07) is 4.18. The van der Waals surface area contributed by atoms with Crippen molar-refractivity contribution in [3.63, 3.8) is 0 Å². The Balaban J connectivity index is 2.90. The number of rotatable bonds is 4. The van der Waals surface area contributed by atoms with Crippen LogP contribution in [-0.2, 0) is 9.53 Å². The second-order valence-electron chi connectivity index (χ2n) is 3.47. The van der Waals surface area contributed by atoms with E-state index in [1.54, 1.807) is 0 Å². The molecular formula is C11H12N2O5. The molecule has 1 amide bonds. The lowest BCUT2D eigenvalue weighted by Gasteiger charge is -2.06. The van der Waals surface area contributed by atoms with Crippen molar-refractivity contribution in [2.45, 2.75) is 6.92 Å². The second-order valence-corrected chi connectivity index (χ2v) is 3.47. The zero-order chi connectivity index (χ0) is 13.7. The van der Waals surface area contributed by atoms with E-state index in [1.165, 1.54) is 32.2 Å². The summed E-state index contributed by atoms with van der Waals surface area (Å²) in [5, 5.41) is 13.0. The number of carbonyl (C=O) groups is 2. The predicted molar refractivity (Wildman–Crippen MR) is 62.2 cm³/mol. The van der Waals surface area contributed by atoms with Gasteiger partial charge in [0.15, 0.2) is 0 Å². The van der Waals surface area contributed by atoms with E-state index in [4.69, 9.17) is 0 Å². The third kappa shape index (κ3) is 3.03. The molecule has 7 nitrogen and oxygen atoms in total. The molecule has 0 fully saturated rings. The van der Waals surface area contributed by atoms with Crippen molar-refractivity contribution < 1.29 is 19.2 Å². The van der Waals surface area contributed by atoms with Crippen LogP contribution in [0.5, 0.6) is 0 Å². The highest BCUT2D eigenvalue weighted by Crippen LogP contribution is 2.20. The van der Waals surface area contributed by atoms with Gasteiger partial charge in [-0.1, -0.05) is 6.07 Å². The zero-order valence-electron chi connectivity index (χ0n) is 9.93. The monoisotopic (exact) mass is 252 g/mol. The van der Waals surface area contributed by atoms with Gasteiger partial charge >= 0.3 is 5.97 Å². The van der Waals surface area contributed by atoms with E-state index in [-0.39, 0.29) is 23.4 Å². The lowest BCUT2D eigenvalue weighted by Crippen LogP contribution is -2.30. The highest BCUT2D eigenvalue weighted by atomic mass is 16.6. The fourth-order valence-corrected chi connectivity index (χ4v) is 1.39. The van der Waals surface area contributed by atoms with Gasteiger partial charge in [-0.05, 0) is 13.0 Å². The third-order valence-corrected chi connectivity index (χ3v) is 2.37. The fourth-order valence-electron chi connectivity index (χ4n) is 1.39. The van der Waals surface area contributed by atoms with Crippen LogP contribution < -0.4 is 5.32 Å². The number of nitro benzene ring substituents is 1. The Morgan fingerprint density at radius 2 is 2.11 bits per heavy atom. The normalized spacial score (nSPS) is 9.67. The third-order valence-electron chi connectivity index (χ3n) is 2.37. The SMILES string of the molecule is COC(=O)CNC(=O)c1cccc([N+](=O)[O-])c1C. The van der Waals surface area contributed by atoms with E-state index >= 15 is 0 Å². The summed E-state index contributed by atoms with van der Waals surface area (Å²) in [4.78, 5) is 32.7. The van der Waals surface area contributed by atoms with Gasteiger partial charge in [0.25, 0.3) is 11.6 Å². The van der Waals surface area contributed by atoms with E-state index in [0.717, 1.165) is 0 Å². The maximum atomic E-state index is 11.7. The largest absolute Gasteiger partial charge is 0.468 e. The van der Waals surface area contributed by atoms with Crippen LogP contribution in [0.2, 0.25) is 0 Å². The molecule has 0 unspecified atom stereocenters. The Labute approximate surface area is 103 Å². The Morgan fingerprint density at radius 3 is 2.67 bits per heavy atom. The van der Waals surface area contributed by atoms with Crippen molar-refractivity contribution >= 4 is 17.6 Å². The molecule has 0 spiro atoms. The highest BCUT2D eigenvalue weighted by molar-refractivity contribution is 5.98. The van der Waals surface area contributed by atoms with Gasteiger partial charge in [0.05, 0.1) is 12.0 Å². The minimum atomic E-state index is -0.591. The molecule has 0 bridgehead atoms. The zero-order valence-corrected chi connectivity index (χ0v) is 9.93. The Morgan fingerprint density at radius 1 is 1.44 bits per heavy atom. The summed E-state index contributed by atoms with van der Waals surface area (Å²) in [7, 11) is 1.20. The topological polar surface area (TPSA) is 98.5 Å². The van der Waals surface area contributed by atoms with Gasteiger partial charge in [-0.25, -0.2) is 0 Å². The summed E-state index contributed by atoms with van der Waals surface area (Å²) in [6.45, 7) is 1.20. The van der Waals surface area contributed by atoms with E-state index in [0.29, 0.717) is 0 Å². The average molecular weight is 252 g/mol. The number of carbonyl (C=O) groups excluding carboxylic acids is 2. The number of hydrogen-bond acceptors (Lipinski definition) is 5. The average Bonchev–Trinajstić information content (AvgIpc) is 2.35. The molecule has 0 aliphatic rings. The molecule has 0 saturated heterocycles.